The molecule has 0 amide bonds. The Morgan fingerprint density at radius 3 is 2.56 bits per heavy atom. The first-order chi connectivity index (χ1) is 8.40. The first kappa shape index (κ1) is 15.0. The van der Waals surface area contributed by atoms with Crippen LogP contribution in [0.5, 0.6) is 5.88 Å². The van der Waals surface area contributed by atoms with Crippen molar-refractivity contribution in [1.82, 2.24) is 10.3 Å². The van der Waals surface area contributed by atoms with E-state index in [1.807, 2.05) is 12.3 Å². The van der Waals surface area contributed by atoms with Gasteiger partial charge in [-0.25, -0.2) is 4.98 Å². The van der Waals surface area contributed by atoms with Crippen LogP contribution in [0.25, 0.3) is 0 Å². The minimum Gasteiger partial charge on any atom is -0.475 e. The summed E-state index contributed by atoms with van der Waals surface area (Å²) >= 11 is 0. The van der Waals surface area contributed by atoms with E-state index in [0.29, 0.717) is 0 Å². The lowest BCUT2D eigenvalue weighted by atomic mass is 10.1. The van der Waals surface area contributed by atoms with Gasteiger partial charge in [-0.1, -0.05) is 19.4 Å². The largest absolute Gasteiger partial charge is 0.475 e. The Morgan fingerprint density at radius 1 is 1.33 bits per heavy atom. The summed E-state index contributed by atoms with van der Waals surface area (Å²) < 4.78 is 5.72. The van der Waals surface area contributed by atoms with Crippen LogP contribution in [0.3, 0.4) is 0 Å². The van der Waals surface area contributed by atoms with E-state index in [4.69, 9.17) is 4.74 Å². The Morgan fingerprint density at radius 2 is 2.06 bits per heavy atom. The molecular weight excluding hydrogens is 224 g/mol. The fraction of sp³-hybridized carbons (Fsp3) is 0.667. The fourth-order valence-electron chi connectivity index (χ4n) is 1.62. The van der Waals surface area contributed by atoms with Crippen LogP contribution in [0.4, 0.5) is 0 Å². The molecule has 18 heavy (non-hydrogen) atoms. The number of rotatable bonds is 6. The Kier molecular flexibility index (Phi) is 5.60. The molecule has 0 saturated heterocycles. The highest BCUT2D eigenvalue weighted by atomic mass is 16.5. The average molecular weight is 250 g/mol. The molecule has 3 nitrogen and oxygen atoms in total. The third kappa shape index (κ3) is 6.01. The number of hydrogen-bond donors (Lipinski definition) is 1. The van der Waals surface area contributed by atoms with Gasteiger partial charge in [-0.3, -0.25) is 0 Å². The van der Waals surface area contributed by atoms with Crippen LogP contribution in [-0.4, -0.2) is 16.6 Å². The van der Waals surface area contributed by atoms with E-state index in [0.717, 1.165) is 25.3 Å². The van der Waals surface area contributed by atoms with Crippen molar-refractivity contribution in [1.29, 1.82) is 0 Å². The SMILES string of the molecule is CCCC(C)Oc1ccc(CNC(C)(C)C)cn1. The number of hydrogen-bond acceptors (Lipinski definition) is 3. The van der Waals surface area contributed by atoms with E-state index in [-0.39, 0.29) is 11.6 Å². The summed E-state index contributed by atoms with van der Waals surface area (Å²) in [6.45, 7) is 11.6. The molecule has 0 bridgehead atoms. The molecule has 0 saturated carbocycles. The van der Waals surface area contributed by atoms with Gasteiger partial charge in [-0.05, 0) is 39.7 Å². The molecule has 1 aromatic heterocycles. The van der Waals surface area contributed by atoms with Crippen LogP contribution in [0.2, 0.25) is 0 Å². The standard InChI is InChI=1S/C15H26N2O/c1-6-7-12(2)18-14-9-8-13(10-16-14)11-17-15(3,4)5/h8-10,12,17H,6-7,11H2,1-5H3. The van der Waals surface area contributed by atoms with Gasteiger partial charge in [0.25, 0.3) is 0 Å². The summed E-state index contributed by atoms with van der Waals surface area (Å²) in [5, 5.41) is 3.44. The van der Waals surface area contributed by atoms with Gasteiger partial charge >= 0.3 is 0 Å². The van der Waals surface area contributed by atoms with Gasteiger partial charge in [0.1, 0.15) is 0 Å². The molecule has 1 rings (SSSR count). The third-order valence-electron chi connectivity index (χ3n) is 2.64. The van der Waals surface area contributed by atoms with Crippen molar-refractivity contribution in [2.45, 2.75) is 65.6 Å². The second-order valence-electron chi connectivity index (χ2n) is 5.83. The smallest absolute Gasteiger partial charge is 0.213 e. The number of pyridine rings is 1. The molecule has 3 heteroatoms. The van der Waals surface area contributed by atoms with Gasteiger partial charge < -0.3 is 10.1 Å². The lowest BCUT2D eigenvalue weighted by Gasteiger charge is -2.20. The van der Waals surface area contributed by atoms with Gasteiger partial charge in [0, 0.05) is 24.3 Å². The highest BCUT2D eigenvalue weighted by Gasteiger charge is 2.09. The third-order valence-corrected chi connectivity index (χ3v) is 2.64. The molecule has 0 aliphatic rings. The maximum Gasteiger partial charge on any atom is 0.213 e. The monoisotopic (exact) mass is 250 g/mol. The summed E-state index contributed by atoms with van der Waals surface area (Å²) in [6.07, 6.45) is 4.32. The highest BCUT2D eigenvalue weighted by Crippen LogP contribution is 2.12. The average Bonchev–Trinajstić information content (AvgIpc) is 2.27. The van der Waals surface area contributed by atoms with E-state index in [1.54, 1.807) is 0 Å². The van der Waals surface area contributed by atoms with Crippen LogP contribution < -0.4 is 10.1 Å². The number of aromatic nitrogens is 1. The highest BCUT2D eigenvalue weighted by molar-refractivity contribution is 5.18. The Balaban J connectivity index is 2.47. The molecule has 0 fully saturated rings. The van der Waals surface area contributed by atoms with Crippen LogP contribution >= 0.6 is 0 Å². The zero-order valence-electron chi connectivity index (χ0n) is 12.3. The molecule has 1 unspecified atom stereocenters. The molecule has 0 aliphatic heterocycles. The predicted octanol–water partition coefficient (Wildman–Crippen LogP) is 3.54. The Labute approximate surface area is 111 Å². The van der Waals surface area contributed by atoms with E-state index >= 15 is 0 Å². The second kappa shape index (κ2) is 6.74. The second-order valence-corrected chi connectivity index (χ2v) is 5.83. The zero-order valence-corrected chi connectivity index (χ0v) is 12.3. The van der Waals surface area contributed by atoms with Crippen molar-refractivity contribution in [2.24, 2.45) is 0 Å². The van der Waals surface area contributed by atoms with Gasteiger partial charge in [-0.2, -0.15) is 0 Å². The minimum absolute atomic E-state index is 0.130. The molecule has 0 radical (unpaired) electrons. The molecule has 1 aromatic rings. The van der Waals surface area contributed by atoms with Crippen molar-refractivity contribution < 1.29 is 4.74 Å². The summed E-state index contributed by atoms with van der Waals surface area (Å²) in [5.41, 5.74) is 1.31. The molecule has 0 aromatic carbocycles. The topological polar surface area (TPSA) is 34.1 Å². The molecule has 1 N–H and O–H groups in total. The summed E-state index contributed by atoms with van der Waals surface area (Å²) in [5.74, 6) is 0.718. The molecule has 102 valence electrons. The van der Waals surface area contributed by atoms with Crippen LogP contribution in [0, 0.1) is 0 Å². The summed E-state index contributed by atoms with van der Waals surface area (Å²) in [4.78, 5) is 4.34. The van der Waals surface area contributed by atoms with Crippen LogP contribution in [0.1, 0.15) is 53.0 Å². The van der Waals surface area contributed by atoms with E-state index in [2.05, 4.69) is 51.0 Å². The predicted molar refractivity (Wildman–Crippen MR) is 75.8 cm³/mol. The van der Waals surface area contributed by atoms with Crippen molar-refractivity contribution in [3.8, 4) is 5.88 Å². The number of nitrogens with zero attached hydrogens (tertiary/aromatic N) is 1. The maximum atomic E-state index is 5.72. The first-order valence-corrected chi connectivity index (χ1v) is 6.77. The normalized spacial score (nSPS) is 13.4. The lowest BCUT2D eigenvalue weighted by molar-refractivity contribution is 0.201. The molecular formula is C15H26N2O. The lowest BCUT2D eigenvalue weighted by Crippen LogP contribution is -2.35. The van der Waals surface area contributed by atoms with E-state index < -0.39 is 0 Å². The van der Waals surface area contributed by atoms with Gasteiger partial charge in [0.05, 0.1) is 6.10 Å². The number of nitrogens with one attached hydrogen (secondary N) is 1. The van der Waals surface area contributed by atoms with Crippen molar-refractivity contribution in [3.63, 3.8) is 0 Å². The zero-order chi connectivity index (χ0) is 13.6. The van der Waals surface area contributed by atoms with E-state index in [9.17, 15) is 0 Å². The van der Waals surface area contributed by atoms with Crippen LogP contribution in [0.15, 0.2) is 18.3 Å². The summed E-state index contributed by atoms with van der Waals surface area (Å²) in [7, 11) is 0. The molecule has 0 aliphatic carbocycles. The van der Waals surface area contributed by atoms with Crippen molar-refractivity contribution >= 4 is 0 Å². The first-order valence-electron chi connectivity index (χ1n) is 6.77. The van der Waals surface area contributed by atoms with Gasteiger partial charge in [0.15, 0.2) is 0 Å². The quantitative estimate of drug-likeness (QED) is 0.838. The Hall–Kier alpha value is -1.09. The van der Waals surface area contributed by atoms with Crippen molar-refractivity contribution in [2.75, 3.05) is 0 Å². The van der Waals surface area contributed by atoms with E-state index in [1.165, 1.54) is 5.56 Å². The fourth-order valence-corrected chi connectivity index (χ4v) is 1.62. The van der Waals surface area contributed by atoms with Crippen LogP contribution in [-0.2, 0) is 6.54 Å². The van der Waals surface area contributed by atoms with Gasteiger partial charge in [-0.15, -0.1) is 0 Å². The summed E-state index contributed by atoms with van der Waals surface area (Å²) in [6, 6.07) is 4.02. The minimum atomic E-state index is 0.130. The van der Waals surface area contributed by atoms with Gasteiger partial charge in [0.2, 0.25) is 5.88 Å². The maximum absolute atomic E-state index is 5.72. The molecule has 1 atom stereocenters. The van der Waals surface area contributed by atoms with Crippen molar-refractivity contribution in [3.05, 3.63) is 23.9 Å². The molecule has 1 heterocycles. The Bertz CT molecular complexity index is 341. The molecule has 0 spiro atoms. The number of ether oxygens (including phenoxy) is 1.